The van der Waals surface area contributed by atoms with E-state index in [2.05, 4.69) is 10.6 Å². The number of amides is 2. The summed E-state index contributed by atoms with van der Waals surface area (Å²) in [4.78, 5) is 24.8. The molecule has 1 fully saturated rings. The van der Waals surface area contributed by atoms with Gasteiger partial charge in [0, 0.05) is 19.2 Å². The Hall–Kier alpha value is -3.13. The maximum atomic E-state index is 12.4. The van der Waals surface area contributed by atoms with Crippen LogP contribution in [0.1, 0.15) is 36.2 Å². The van der Waals surface area contributed by atoms with Gasteiger partial charge in [0.15, 0.2) is 0 Å². The first-order valence-corrected chi connectivity index (χ1v) is 11.8. The quantitative estimate of drug-likeness (QED) is 0.645. The van der Waals surface area contributed by atoms with Crippen LogP contribution in [-0.4, -0.2) is 39.1 Å². The molecule has 31 heavy (non-hydrogen) atoms. The zero-order valence-corrected chi connectivity index (χ0v) is 18.5. The molecule has 0 bridgehead atoms. The molecular formula is C23H27N3O4S. The average Bonchev–Trinajstić information content (AvgIpc) is 3.10. The molecule has 2 amide bonds. The highest BCUT2D eigenvalue weighted by molar-refractivity contribution is 7.93. The molecule has 1 aliphatic heterocycles. The number of sulfonamides is 1. The van der Waals surface area contributed by atoms with Gasteiger partial charge < -0.3 is 10.6 Å². The van der Waals surface area contributed by atoms with E-state index in [1.807, 2.05) is 13.8 Å². The Kier molecular flexibility index (Phi) is 7.12. The molecule has 0 spiro atoms. The first kappa shape index (κ1) is 22.6. The largest absolute Gasteiger partial charge is 0.352 e. The van der Waals surface area contributed by atoms with Crippen LogP contribution in [0.3, 0.4) is 0 Å². The third-order valence-electron chi connectivity index (χ3n) is 4.81. The van der Waals surface area contributed by atoms with E-state index < -0.39 is 10.0 Å². The molecule has 3 rings (SSSR count). The number of rotatable bonds is 7. The molecule has 2 aromatic carbocycles. The molecule has 7 nitrogen and oxygen atoms in total. The molecule has 1 saturated heterocycles. The smallest absolute Gasteiger partial charge is 0.253 e. The highest BCUT2D eigenvalue weighted by atomic mass is 32.2. The lowest BCUT2D eigenvalue weighted by molar-refractivity contribution is -0.111. The lowest BCUT2D eigenvalue weighted by Gasteiger charge is -2.16. The lowest BCUT2D eigenvalue weighted by Crippen LogP contribution is -2.28. The molecule has 0 unspecified atom stereocenters. The fourth-order valence-electron chi connectivity index (χ4n) is 3.21. The van der Waals surface area contributed by atoms with Gasteiger partial charge in [0.2, 0.25) is 15.9 Å². The predicted octanol–water partition coefficient (Wildman–Crippen LogP) is 3.26. The Balaban J connectivity index is 1.64. The Morgan fingerprint density at radius 3 is 2.45 bits per heavy atom. The van der Waals surface area contributed by atoms with Crippen molar-refractivity contribution in [2.75, 3.05) is 28.5 Å². The molecule has 8 heteroatoms. The van der Waals surface area contributed by atoms with Gasteiger partial charge in [-0.1, -0.05) is 38.1 Å². The number of para-hydroxylation sites is 1. The number of hydrogen-bond donors (Lipinski definition) is 2. The van der Waals surface area contributed by atoms with Crippen molar-refractivity contribution in [1.29, 1.82) is 0 Å². The number of nitrogens with zero attached hydrogens (tertiary/aromatic N) is 1. The molecule has 0 atom stereocenters. The van der Waals surface area contributed by atoms with Gasteiger partial charge in [-0.25, -0.2) is 8.42 Å². The van der Waals surface area contributed by atoms with Gasteiger partial charge in [-0.2, -0.15) is 0 Å². The first-order valence-electron chi connectivity index (χ1n) is 10.2. The number of nitrogens with one attached hydrogen (secondary N) is 2. The molecule has 2 aromatic rings. The summed E-state index contributed by atoms with van der Waals surface area (Å²) in [6.07, 6.45) is 3.64. The Morgan fingerprint density at radius 1 is 1.10 bits per heavy atom. The van der Waals surface area contributed by atoms with E-state index in [9.17, 15) is 18.0 Å². The molecule has 0 radical (unpaired) electrons. The van der Waals surface area contributed by atoms with Crippen LogP contribution in [0, 0.1) is 5.92 Å². The first-order chi connectivity index (χ1) is 14.8. The Morgan fingerprint density at radius 2 is 1.81 bits per heavy atom. The van der Waals surface area contributed by atoms with E-state index >= 15 is 0 Å². The van der Waals surface area contributed by atoms with Crippen molar-refractivity contribution in [3.63, 3.8) is 0 Å². The lowest BCUT2D eigenvalue weighted by atomic mass is 10.1. The van der Waals surface area contributed by atoms with Crippen LogP contribution in [0.4, 0.5) is 11.4 Å². The van der Waals surface area contributed by atoms with Gasteiger partial charge in [0.1, 0.15) is 0 Å². The minimum absolute atomic E-state index is 0.172. The molecule has 0 aromatic heterocycles. The van der Waals surface area contributed by atoms with E-state index in [0.717, 1.165) is 5.56 Å². The van der Waals surface area contributed by atoms with Crippen molar-refractivity contribution in [3.05, 3.63) is 65.7 Å². The number of hydrogen-bond acceptors (Lipinski definition) is 4. The summed E-state index contributed by atoms with van der Waals surface area (Å²) < 4.78 is 25.4. The van der Waals surface area contributed by atoms with Gasteiger partial charge in [-0.3, -0.25) is 13.9 Å². The summed E-state index contributed by atoms with van der Waals surface area (Å²) in [6, 6.07) is 13.8. The molecule has 1 aliphatic rings. The summed E-state index contributed by atoms with van der Waals surface area (Å²) in [5.41, 5.74) is 2.23. The number of carbonyl (C=O) groups is 2. The maximum Gasteiger partial charge on any atom is 0.253 e. The number of carbonyl (C=O) groups excluding carboxylic acids is 2. The molecular weight excluding hydrogens is 414 g/mol. The van der Waals surface area contributed by atoms with Crippen LogP contribution in [0.15, 0.2) is 54.6 Å². The topological polar surface area (TPSA) is 95.6 Å². The van der Waals surface area contributed by atoms with Crippen molar-refractivity contribution >= 4 is 39.3 Å². The average molecular weight is 442 g/mol. The fraction of sp³-hybridized carbons (Fsp3) is 0.304. The van der Waals surface area contributed by atoms with E-state index in [-0.39, 0.29) is 17.6 Å². The van der Waals surface area contributed by atoms with Crippen molar-refractivity contribution in [2.24, 2.45) is 5.92 Å². The highest BCUT2D eigenvalue weighted by Crippen LogP contribution is 2.24. The predicted molar refractivity (Wildman–Crippen MR) is 123 cm³/mol. The van der Waals surface area contributed by atoms with Crippen LogP contribution in [0.5, 0.6) is 0 Å². The van der Waals surface area contributed by atoms with E-state index in [0.29, 0.717) is 42.4 Å². The minimum atomic E-state index is -3.22. The van der Waals surface area contributed by atoms with Crippen LogP contribution in [0.25, 0.3) is 6.08 Å². The number of benzene rings is 2. The van der Waals surface area contributed by atoms with Gasteiger partial charge >= 0.3 is 0 Å². The second kappa shape index (κ2) is 9.78. The zero-order chi connectivity index (χ0) is 22.4. The zero-order valence-electron chi connectivity index (χ0n) is 17.7. The van der Waals surface area contributed by atoms with Gasteiger partial charge in [-0.15, -0.1) is 0 Å². The minimum Gasteiger partial charge on any atom is -0.352 e. The van der Waals surface area contributed by atoms with Crippen molar-refractivity contribution < 1.29 is 18.0 Å². The molecule has 1 heterocycles. The summed E-state index contributed by atoms with van der Waals surface area (Å²) in [5.74, 6) is -0.104. The summed E-state index contributed by atoms with van der Waals surface area (Å²) in [5, 5.41) is 5.59. The van der Waals surface area contributed by atoms with Crippen LogP contribution in [0.2, 0.25) is 0 Å². The third kappa shape index (κ3) is 5.95. The second-order valence-electron chi connectivity index (χ2n) is 7.81. The van der Waals surface area contributed by atoms with E-state index in [4.69, 9.17) is 0 Å². The Bertz CT molecular complexity index is 1080. The Labute approximate surface area is 183 Å². The fourth-order valence-corrected chi connectivity index (χ4v) is 4.77. The summed E-state index contributed by atoms with van der Waals surface area (Å²) in [7, 11) is -3.22. The monoisotopic (exact) mass is 441 g/mol. The van der Waals surface area contributed by atoms with Crippen molar-refractivity contribution in [1.82, 2.24) is 5.32 Å². The van der Waals surface area contributed by atoms with Crippen LogP contribution < -0.4 is 14.9 Å². The van der Waals surface area contributed by atoms with E-state index in [1.54, 1.807) is 54.6 Å². The van der Waals surface area contributed by atoms with Crippen molar-refractivity contribution in [3.8, 4) is 0 Å². The van der Waals surface area contributed by atoms with Gasteiger partial charge in [0.25, 0.3) is 5.91 Å². The molecule has 0 aliphatic carbocycles. The maximum absolute atomic E-state index is 12.4. The second-order valence-corrected chi connectivity index (χ2v) is 9.82. The van der Waals surface area contributed by atoms with Crippen LogP contribution >= 0.6 is 0 Å². The SMILES string of the molecule is CC(C)CNC(=O)c1ccccc1NC(=O)/C=C/c1ccc(N2CCCS2(=O)=O)cc1. The molecule has 2 N–H and O–H groups in total. The van der Waals surface area contributed by atoms with E-state index in [1.165, 1.54) is 10.4 Å². The molecule has 0 saturated carbocycles. The standard InChI is InChI=1S/C23H27N3O4S/c1-17(2)16-24-23(28)20-6-3-4-7-21(20)25-22(27)13-10-18-8-11-19(12-9-18)26-14-5-15-31(26,29)30/h3-4,6-13,17H,5,14-16H2,1-2H3,(H,24,28)(H,25,27)/b13-10+. The van der Waals surface area contributed by atoms with Gasteiger partial charge in [0.05, 0.1) is 22.7 Å². The van der Waals surface area contributed by atoms with Gasteiger partial charge in [-0.05, 0) is 48.2 Å². The van der Waals surface area contributed by atoms with Crippen LogP contribution in [-0.2, 0) is 14.8 Å². The summed E-state index contributed by atoms with van der Waals surface area (Å²) >= 11 is 0. The normalized spacial score (nSPS) is 15.4. The van der Waals surface area contributed by atoms with Crippen molar-refractivity contribution in [2.45, 2.75) is 20.3 Å². The summed E-state index contributed by atoms with van der Waals surface area (Å²) in [6.45, 7) is 5.06. The number of anilines is 2. The molecule has 164 valence electrons. The highest BCUT2D eigenvalue weighted by Gasteiger charge is 2.28. The third-order valence-corrected chi connectivity index (χ3v) is 6.68.